The number of aliphatic hydroxyl groups excluding tert-OH is 1. The Morgan fingerprint density at radius 2 is 1.36 bits per heavy atom. The highest BCUT2D eigenvalue weighted by Gasteiger charge is 2.22. The second-order valence-electron chi connectivity index (χ2n) is 13.0. The topological polar surface area (TPSA) is 86.5 Å². The predicted octanol–water partition coefficient (Wildman–Crippen LogP) is 9.07. The number of aliphatic hydroxyl groups is 1. The Balaban J connectivity index is 1.31. The third kappa shape index (κ3) is 11.1. The fourth-order valence-electron chi connectivity index (χ4n) is 5.97. The van der Waals surface area contributed by atoms with Crippen LogP contribution in [0.5, 0.6) is 11.5 Å². The first-order valence-electron chi connectivity index (χ1n) is 17.5. The number of rotatable bonds is 19. The Morgan fingerprint density at radius 1 is 0.745 bits per heavy atom. The van der Waals surface area contributed by atoms with Crippen LogP contribution in [0, 0.1) is 27.7 Å². The number of allylic oxidation sites excluding steroid dienone is 1. The van der Waals surface area contributed by atoms with Gasteiger partial charge in [-0.3, -0.25) is 5.43 Å². The lowest BCUT2D eigenvalue weighted by molar-refractivity contribution is 0.0109. The van der Waals surface area contributed by atoms with Gasteiger partial charge in [0, 0.05) is 23.8 Å². The maximum atomic E-state index is 11.1. The van der Waals surface area contributed by atoms with E-state index in [1.807, 2.05) is 0 Å². The van der Waals surface area contributed by atoms with Gasteiger partial charge in [-0.2, -0.15) is 10.2 Å². The van der Waals surface area contributed by atoms with Crippen LogP contribution in [-0.4, -0.2) is 41.8 Å². The van der Waals surface area contributed by atoms with Crippen molar-refractivity contribution in [3.8, 4) is 11.5 Å². The van der Waals surface area contributed by atoms with Gasteiger partial charge in [0.1, 0.15) is 29.9 Å². The summed E-state index contributed by atoms with van der Waals surface area (Å²) in [5.74, 6) is 0.466. The Morgan fingerprint density at radius 3 is 1.98 bits per heavy atom. The summed E-state index contributed by atoms with van der Waals surface area (Å²) in [6.45, 7) is 11.6. The number of aryl methyl sites for hydroxylation is 4. The highest BCUT2D eigenvalue weighted by atomic mass is 16.5. The van der Waals surface area contributed by atoms with Crippen LogP contribution in [-0.2, 0) is 4.74 Å². The average molecular weight is 642 g/mol. The van der Waals surface area contributed by atoms with Crippen LogP contribution in [0.1, 0.15) is 105 Å². The number of nitrogens with zero attached hydrogens (tertiary/aromatic N) is 2. The molecule has 0 aliphatic carbocycles. The van der Waals surface area contributed by atoms with E-state index in [1.165, 1.54) is 62.5 Å². The summed E-state index contributed by atoms with van der Waals surface area (Å²) in [5, 5.41) is 28.0. The van der Waals surface area contributed by atoms with Crippen molar-refractivity contribution in [2.24, 2.45) is 5.10 Å². The molecule has 1 aliphatic heterocycles. The molecule has 0 saturated carbocycles. The van der Waals surface area contributed by atoms with E-state index in [0.29, 0.717) is 18.0 Å². The van der Waals surface area contributed by atoms with Gasteiger partial charge >= 0.3 is 0 Å². The van der Waals surface area contributed by atoms with Crippen LogP contribution in [0.3, 0.4) is 0 Å². The zero-order chi connectivity index (χ0) is 33.6. The summed E-state index contributed by atoms with van der Waals surface area (Å²) < 4.78 is 11.5. The zero-order valence-electron chi connectivity index (χ0n) is 29.1. The van der Waals surface area contributed by atoms with Gasteiger partial charge in [-0.15, -0.1) is 0 Å². The van der Waals surface area contributed by atoms with E-state index in [9.17, 15) is 10.2 Å². The van der Waals surface area contributed by atoms with Crippen LogP contribution in [0.25, 0.3) is 5.70 Å². The summed E-state index contributed by atoms with van der Waals surface area (Å²) in [4.78, 5) is 0. The first-order valence-corrected chi connectivity index (χ1v) is 17.5. The molecular weight excluding hydrogens is 586 g/mol. The van der Waals surface area contributed by atoms with Gasteiger partial charge in [0.25, 0.3) is 0 Å². The number of hydrazone groups is 1. The minimum absolute atomic E-state index is 0.00676. The maximum absolute atomic E-state index is 11.1. The summed E-state index contributed by atoms with van der Waals surface area (Å²) in [5.41, 5.74) is 12.3. The molecule has 0 saturated heterocycles. The minimum atomic E-state index is -0.751. The third-order valence-corrected chi connectivity index (χ3v) is 8.62. The molecule has 7 nitrogen and oxygen atoms in total. The van der Waals surface area contributed by atoms with Crippen molar-refractivity contribution in [1.82, 2.24) is 5.43 Å². The van der Waals surface area contributed by atoms with Gasteiger partial charge in [-0.25, -0.2) is 0 Å². The lowest BCUT2D eigenvalue weighted by Crippen LogP contribution is -2.37. The molecule has 0 bridgehead atoms. The molecule has 3 aromatic rings. The summed E-state index contributed by atoms with van der Waals surface area (Å²) >= 11 is 0. The van der Waals surface area contributed by atoms with Gasteiger partial charge < -0.3 is 19.7 Å². The molecule has 0 radical (unpaired) electrons. The molecule has 254 valence electrons. The summed E-state index contributed by atoms with van der Waals surface area (Å²) in [7, 11) is 0. The molecule has 1 atom stereocenters. The Bertz CT molecular complexity index is 1500. The molecule has 47 heavy (non-hydrogen) atoms. The second-order valence-corrected chi connectivity index (χ2v) is 13.0. The number of benzene rings is 3. The molecule has 1 heterocycles. The van der Waals surface area contributed by atoms with Crippen molar-refractivity contribution >= 4 is 17.1 Å². The average Bonchev–Trinajstić information content (AvgIpc) is 3.04. The number of hydrogen-bond donors (Lipinski definition) is 3. The Kier molecular flexibility index (Phi) is 14.2. The van der Waals surface area contributed by atoms with Crippen molar-refractivity contribution in [3.63, 3.8) is 0 Å². The van der Waals surface area contributed by atoms with Gasteiger partial charge in [0.05, 0.1) is 18.0 Å². The molecule has 3 N–H and O–H groups in total. The van der Waals surface area contributed by atoms with E-state index in [-0.39, 0.29) is 19.0 Å². The highest BCUT2D eigenvalue weighted by molar-refractivity contribution is 6.14. The van der Waals surface area contributed by atoms with Gasteiger partial charge in [0.2, 0.25) is 0 Å². The molecule has 3 aromatic carbocycles. The lowest BCUT2D eigenvalue weighted by Gasteiger charge is -2.29. The smallest absolute Gasteiger partial charge is 0.146 e. The van der Waals surface area contributed by atoms with Crippen molar-refractivity contribution < 1.29 is 19.7 Å². The molecular formula is C40H55N3O4. The predicted molar refractivity (Wildman–Crippen MR) is 194 cm³/mol. The molecule has 4 rings (SSSR count). The van der Waals surface area contributed by atoms with Crippen LogP contribution in [0.4, 0.5) is 5.69 Å². The molecule has 1 unspecified atom stereocenters. The van der Waals surface area contributed by atoms with E-state index >= 15 is 0 Å². The van der Waals surface area contributed by atoms with Gasteiger partial charge in [-0.05, 0) is 63.5 Å². The zero-order valence-corrected chi connectivity index (χ0v) is 29.1. The minimum Gasteiger partial charge on any atom is -0.505 e. The SMILES string of the molecule is CCCCCCCCCCCCOCC(O)COc1ccc(N2N=C(c3ccc(C)cc3C)C=C(c3ccc(C)cc3C)N2)c(O)c1. The number of nitrogens with one attached hydrogen (secondary N) is 1. The van der Waals surface area contributed by atoms with Gasteiger partial charge in [-0.1, -0.05) is 112 Å². The summed E-state index contributed by atoms with van der Waals surface area (Å²) in [6, 6.07) is 17.8. The first kappa shape index (κ1) is 36.0. The Hall–Kier alpha value is -3.81. The normalized spacial score (nSPS) is 13.6. The molecule has 7 heteroatoms. The number of hydrazine groups is 1. The number of hydrogen-bond acceptors (Lipinski definition) is 7. The second kappa shape index (κ2) is 18.5. The monoisotopic (exact) mass is 641 g/mol. The van der Waals surface area contributed by atoms with E-state index in [1.54, 1.807) is 23.3 Å². The molecule has 0 fully saturated rings. The number of unbranched alkanes of at least 4 members (excludes halogenated alkanes) is 9. The quantitative estimate of drug-likeness (QED) is 0.113. The van der Waals surface area contributed by atoms with Crippen molar-refractivity contribution in [3.05, 3.63) is 94.1 Å². The van der Waals surface area contributed by atoms with Gasteiger partial charge in [0.15, 0.2) is 0 Å². The number of phenolic OH excluding ortho intramolecular Hbond substituents is 1. The van der Waals surface area contributed by atoms with E-state index in [4.69, 9.17) is 14.6 Å². The highest BCUT2D eigenvalue weighted by Crippen LogP contribution is 2.34. The van der Waals surface area contributed by atoms with Crippen LogP contribution in [0.15, 0.2) is 65.8 Å². The first-order chi connectivity index (χ1) is 22.7. The van der Waals surface area contributed by atoms with Crippen molar-refractivity contribution in [2.75, 3.05) is 24.9 Å². The third-order valence-electron chi connectivity index (χ3n) is 8.62. The van der Waals surface area contributed by atoms with E-state index in [0.717, 1.165) is 46.5 Å². The fourth-order valence-corrected chi connectivity index (χ4v) is 5.97. The maximum Gasteiger partial charge on any atom is 0.146 e. The number of aromatic hydroxyl groups is 1. The van der Waals surface area contributed by atoms with Crippen LogP contribution in [0.2, 0.25) is 0 Å². The van der Waals surface area contributed by atoms with Crippen LogP contribution >= 0.6 is 0 Å². The number of ether oxygens (including phenoxy) is 2. The molecule has 0 spiro atoms. The Labute approximate surface area is 282 Å². The van der Waals surface area contributed by atoms with E-state index < -0.39 is 6.10 Å². The molecule has 0 aromatic heterocycles. The standard InChI is InChI=1S/C40H55N3O4/c1-6-7-8-9-10-11-12-13-14-15-22-46-27-33(44)28-47-34-18-21-39(40(45)25-34)43-41-37(35-19-16-29(2)23-31(35)4)26-38(42-43)36-20-17-30(3)24-32(36)5/h16-21,23-26,33,41,44-45H,6-15,22,27-28H2,1-5H3. The van der Waals surface area contributed by atoms with Crippen LogP contribution < -0.4 is 15.3 Å². The number of phenols is 1. The summed E-state index contributed by atoms with van der Waals surface area (Å²) in [6.07, 6.45) is 14.1. The molecule has 1 aliphatic rings. The van der Waals surface area contributed by atoms with Crippen molar-refractivity contribution in [1.29, 1.82) is 0 Å². The largest absolute Gasteiger partial charge is 0.505 e. The lowest BCUT2D eigenvalue weighted by atomic mass is 9.98. The van der Waals surface area contributed by atoms with E-state index in [2.05, 4.69) is 82.5 Å². The number of anilines is 1. The molecule has 0 amide bonds. The van der Waals surface area contributed by atoms with Crippen molar-refractivity contribution in [2.45, 2.75) is 105 Å². The fraction of sp³-hybridized carbons (Fsp3) is 0.475.